The zero-order valence-electron chi connectivity index (χ0n) is 9.30. The summed E-state index contributed by atoms with van der Waals surface area (Å²) in [4.78, 5) is 0. The second kappa shape index (κ2) is 6.35. The first-order chi connectivity index (χ1) is 5.95. The van der Waals surface area contributed by atoms with E-state index in [4.69, 9.17) is 15.2 Å². The molecule has 0 saturated carbocycles. The van der Waals surface area contributed by atoms with Crippen LogP contribution in [0.4, 0.5) is 0 Å². The summed E-state index contributed by atoms with van der Waals surface area (Å²) in [6.07, 6.45) is 0. The Kier molecular flexibility index (Phi) is 6.29. The molecule has 0 amide bonds. The SMILES string of the molecule is CC(CN)COCCOC(C)(C)C. The number of rotatable bonds is 6. The molecule has 0 rings (SSSR count). The summed E-state index contributed by atoms with van der Waals surface area (Å²) >= 11 is 0. The van der Waals surface area contributed by atoms with Crippen LogP contribution < -0.4 is 5.73 Å². The van der Waals surface area contributed by atoms with Gasteiger partial charge in [-0.3, -0.25) is 0 Å². The van der Waals surface area contributed by atoms with Gasteiger partial charge < -0.3 is 15.2 Å². The fraction of sp³-hybridized carbons (Fsp3) is 1.00. The van der Waals surface area contributed by atoms with Crippen LogP contribution in [0.25, 0.3) is 0 Å². The Morgan fingerprint density at radius 1 is 1.23 bits per heavy atom. The Morgan fingerprint density at radius 2 is 1.85 bits per heavy atom. The highest BCUT2D eigenvalue weighted by Crippen LogP contribution is 2.05. The largest absolute Gasteiger partial charge is 0.379 e. The molecule has 1 atom stereocenters. The van der Waals surface area contributed by atoms with Gasteiger partial charge in [-0.05, 0) is 33.2 Å². The van der Waals surface area contributed by atoms with Crippen molar-refractivity contribution in [3.8, 4) is 0 Å². The van der Waals surface area contributed by atoms with Crippen molar-refractivity contribution in [2.45, 2.75) is 33.3 Å². The minimum Gasteiger partial charge on any atom is -0.379 e. The summed E-state index contributed by atoms with van der Waals surface area (Å²) in [5.41, 5.74) is 5.38. The van der Waals surface area contributed by atoms with E-state index in [1.54, 1.807) is 0 Å². The maximum atomic E-state index is 5.49. The third-order valence-corrected chi connectivity index (χ3v) is 1.57. The van der Waals surface area contributed by atoms with Gasteiger partial charge in [-0.1, -0.05) is 6.92 Å². The van der Waals surface area contributed by atoms with Crippen LogP contribution in [0, 0.1) is 5.92 Å². The van der Waals surface area contributed by atoms with Crippen molar-refractivity contribution in [1.29, 1.82) is 0 Å². The summed E-state index contributed by atoms with van der Waals surface area (Å²) in [6, 6.07) is 0. The zero-order valence-corrected chi connectivity index (χ0v) is 9.30. The van der Waals surface area contributed by atoms with E-state index < -0.39 is 0 Å². The fourth-order valence-electron chi connectivity index (χ4n) is 0.759. The summed E-state index contributed by atoms with van der Waals surface area (Å²) in [5, 5.41) is 0. The Labute approximate surface area is 81.6 Å². The van der Waals surface area contributed by atoms with Crippen molar-refractivity contribution in [2.75, 3.05) is 26.4 Å². The van der Waals surface area contributed by atoms with Crippen LogP contribution in [-0.2, 0) is 9.47 Å². The molecule has 0 aliphatic carbocycles. The van der Waals surface area contributed by atoms with Crippen LogP contribution in [0.5, 0.6) is 0 Å². The Morgan fingerprint density at radius 3 is 2.31 bits per heavy atom. The van der Waals surface area contributed by atoms with Gasteiger partial charge in [-0.15, -0.1) is 0 Å². The molecule has 3 heteroatoms. The normalized spacial score (nSPS) is 14.5. The summed E-state index contributed by atoms with van der Waals surface area (Å²) in [5.74, 6) is 0.439. The maximum absolute atomic E-state index is 5.49. The van der Waals surface area contributed by atoms with Gasteiger partial charge in [0.15, 0.2) is 0 Å². The lowest BCUT2D eigenvalue weighted by Gasteiger charge is -2.19. The van der Waals surface area contributed by atoms with Crippen molar-refractivity contribution in [3.63, 3.8) is 0 Å². The first-order valence-corrected chi connectivity index (χ1v) is 4.87. The molecule has 0 saturated heterocycles. The monoisotopic (exact) mass is 189 g/mol. The molecule has 0 bridgehead atoms. The van der Waals surface area contributed by atoms with E-state index in [0.717, 1.165) is 6.61 Å². The van der Waals surface area contributed by atoms with E-state index in [0.29, 0.717) is 25.7 Å². The lowest BCUT2D eigenvalue weighted by atomic mass is 10.2. The number of ether oxygens (including phenoxy) is 2. The third-order valence-electron chi connectivity index (χ3n) is 1.57. The summed E-state index contributed by atoms with van der Waals surface area (Å²) in [7, 11) is 0. The Hall–Kier alpha value is -0.120. The lowest BCUT2D eigenvalue weighted by Crippen LogP contribution is -2.23. The van der Waals surface area contributed by atoms with E-state index in [2.05, 4.69) is 6.92 Å². The van der Waals surface area contributed by atoms with Crippen LogP contribution >= 0.6 is 0 Å². The predicted molar refractivity (Wildman–Crippen MR) is 54.7 cm³/mol. The molecular formula is C10H23NO2. The Bertz CT molecular complexity index is 121. The van der Waals surface area contributed by atoms with Gasteiger partial charge in [-0.25, -0.2) is 0 Å². The molecule has 0 radical (unpaired) electrons. The molecule has 80 valence electrons. The van der Waals surface area contributed by atoms with Crippen LogP contribution in [0.15, 0.2) is 0 Å². The lowest BCUT2D eigenvalue weighted by molar-refractivity contribution is -0.0382. The Balaban J connectivity index is 3.18. The van der Waals surface area contributed by atoms with Gasteiger partial charge in [0.1, 0.15) is 0 Å². The molecule has 2 N–H and O–H groups in total. The predicted octanol–water partition coefficient (Wildman–Crippen LogP) is 1.41. The molecular weight excluding hydrogens is 166 g/mol. The first-order valence-electron chi connectivity index (χ1n) is 4.87. The van der Waals surface area contributed by atoms with Crippen LogP contribution in [0.3, 0.4) is 0 Å². The molecule has 0 aromatic heterocycles. The highest BCUT2D eigenvalue weighted by Gasteiger charge is 2.09. The van der Waals surface area contributed by atoms with Crippen LogP contribution in [-0.4, -0.2) is 32.0 Å². The second-order valence-corrected chi connectivity index (χ2v) is 4.38. The number of hydrogen-bond donors (Lipinski definition) is 1. The average molecular weight is 189 g/mol. The molecule has 13 heavy (non-hydrogen) atoms. The summed E-state index contributed by atoms with van der Waals surface area (Å²) < 4.78 is 10.9. The van der Waals surface area contributed by atoms with Crippen molar-refractivity contribution >= 4 is 0 Å². The second-order valence-electron chi connectivity index (χ2n) is 4.38. The highest BCUT2D eigenvalue weighted by atomic mass is 16.5. The van der Waals surface area contributed by atoms with Crippen LogP contribution in [0.1, 0.15) is 27.7 Å². The van der Waals surface area contributed by atoms with E-state index >= 15 is 0 Å². The minimum atomic E-state index is -0.0666. The molecule has 0 fully saturated rings. The molecule has 3 nitrogen and oxygen atoms in total. The van der Waals surface area contributed by atoms with Crippen molar-refractivity contribution in [2.24, 2.45) is 11.7 Å². The molecule has 0 aromatic rings. The molecule has 0 aliphatic heterocycles. The smallest absolute Gasteiger partial charge is 0.0707 e. The maximum Gasteiger partial charge on any atom is 0.0707 e. The van der Waals surface area contributed by atoms with Gasteiger partial charge in [0.25, 0.3) is 0 Å². The van der Waals surface area contributed by atoms with Gasteiger partial charge in [0.05, 0.1) is 25.4 Å². The van der Waals surface area contributed by atoms with Gasteiger partial charge in [-0.2, -0.15) is 0 Å². The average Bonchev–Trinajstić information content (AvgIpc) is 2.01. The van der Waals surface area contributed by atoms with Crippen molar-refractivity contribution in [3.05, 3.63) is 0 Å². The quantitative estimate of drug-likeness (QED) is 0.643. The highest BCUT2D eigenvalue weighted by molar-refractivity contribution is 4.58. The van der Waals surface area contributed by atoms with Crippen molar-refractivity contribution in [1.82, 2.24) is 0 Å². The number of nitrogens with two attached hydrogens (primary N) is 1. The van der Waals surface area contributed by atoms with Gasteiger partial charge in [0.2, 0.25) is 0 Å². The summed E-state index contributed by atoms with van der Waals surface area (Å²) in [6.45, 7) is 10.9. The topological polar surface area (TPSA) is 44.5 Å². The number of hydrogen-bond acceptors (Lipinski definition) is 3. The molecule has 1 unspecified atom stereocenters. The molecule has 0 aliphatic rings. The minimum absolute atomic E-state index is 0.0666. The van der Waals surface area contributed by atoms with Crippen LogP contribution in [0.2, 0.25) is 0 Å². The van der Waals surface area contributed by atoms with E-state index in [1.165, 1.54) is 0 Å². The molecule has 0 spiro atoms. The molecule has 0 aromatic carbocycles. The molecule has 0 heterocycles. The van der Waals surface area contributed by atoms with Gasteiger partial charge >= 0.3 is 0 Å². The van der Waals surface area contributed by atoms with E-state index in [1.807, 2.05) is 20.8 Å². The van der Waals surface area contributed by atoms with Gasteiger partial charge in [0, 0.05) is 0 Å². The standard InChI is InChI=1S/C10H23NO2/c1-9(7-11)8-12-5-6-13-10(2,3)4/h9H,5-8,11H2,1-4H3. The van der Waals surface area contributed by atoms with E-state index in [-0.39, 0.29) is 5.60 Å². The third kappa shape index (κ3) is 9.80. The van der Waals surface area contributed by atoms with E-state index in [9.17, 15) is 0 Å². The fourth-order valence-corrected chi connectivity index (χ4v) is 0.759. The zero-order chi connectivity index (χ0) is 10.3. The first kappa shape index (κ1) is 12.9. The van der Waals surface area contributed by atoms with Crippen molar-refractivity contribution < 1.29 is 9.47 Å².